The van der Waals surface area contributed by atoms with Crippen LogP contribution in [-0.2, 0) is 0 Å². The van der Waals surface area contributed by atoms with E-state index in [1.807, 2.05) is 6.92 Å². The van der Waals surface area contributed by atoms with E-state index in [9.17, 15) is 10.2 Å². The lowest BCUT2D eigenvalue weighted by Gasteiger charge is -2.61. The number of aliphatic hydroxyl groups is 2. The smallest absolute Gasteiger partial charge is 0.0587 e. The molecule has 0 saturated heterocycles. The number of hydrogen-bond acceptors (Lipinski definition) is 2. The van der Waals surface area contributed by atoms with Crippen molar-refractivity contribution in [3.63, 3.8) is 0 Å². The van der Waals surface area contributed by atoms with E-state index in [0.717, 1.165) is 42.4 Å². The molecule has 10 atom stereocenters. The van der Waals surface area contributed by atoms with Crippen molar-refractivity contribution in [1.29, 1.82) is 0 Å². The van der Waals surface area contributed by atoms with Crippen molar-refractivity contribution in [3.8, 4) is 0 Å². The highest BCUT2D eigenvalue weighted by Crippen LogP contribution is 2.68. The van der Waals surface area contributed by atoms with Crippen LogP contribution in [0.4, 0.5) is 0 Å². The molecule has 0 aromatic heterocycles. The van der Waals surface area contributed by atoms with Gasteiger partial charge in [0, 0.05) is 12.5 Å². The lowest BCUT2D eigenvalue weighted by molar-refractivity contribution is -0.114. The van der Waals surface area contributed by atoms with E-state index < -0.39 is 0 Å². The molecule has 168 valence electrons. The van der Waals surface area contributed by atoms with Gasteiger partial charge in [0.15, 0.2) is 0 Å². The van der Waals surface area contributed by atoms with Crippen LogP contribution in [-0.4, -0.2) is 22.9 Å². The SMILES string of the molecule is CC(CO)C(O)CC[C@@H](C)[C@H]1CC[C@H]2[C@@H]3CCC4CCCC[C@]4(C)[C@H]3CC[C@]12C. The van der Waals surface area contributed by atoms with Gasteiger partial charge in [0.25, 0.3) is 0 Å². The van der Waals surface area contributed by atoms with Gasteiger partial charge in [-0.3, -0.25) is 0 Å². The Labute approximate surface area is 180 Å². The molecule has 0 spiro atoms. The lowest BCUT2D eigenvalue weighted by Crippen LogP contribution is -2.53. The maximum absolute atomic E-state index is 10.3. The van der Waals surface area contributed by atoms with Crippen LogP contribution >= 0.6 is 0 Å². The van der Waals surface area contributed by atoms with E-state index in [1.165, 1.54) is 64.2 Å². The fourth-order valence-electron chi connectivity index (χ4n) is 9.31. The first-order valence-corrected chi connectivity index (χ1v) is 13.1. The first-order valence-electron chi connectivity index (χ1n) is 13.1. The summed E-state index contributed by atoms with van der Waals surface area (Å²) in [5.41, 5.74) is 1.18. The Bertz CT molecular complexity index is 561. The Balaban J connectivity index is 1.44. The molecule has 2 heteroatoms. The van der Waals surface area contributed by atoms with Gasteiger partial charge in [-0.2, -0.15) is 0 Å². The summed E-state index contributed by atoms with van der Waals surface area (Å²) < 4.78 is 0. The molecule has 4 aliphatic carbocycles. The number of fused-ring (bicyclic) bond motifs is 5. The number of aliphatic hydroxyl groups excluding tert-OH is 2. The predicted octanol–water partition coefficient (Wildman–Crippen LogP) is 6.44. The van der Waals surface area contributed by atoms with Crippen LogP contribution < -0.4 is 0 Å². The summed E-state index contributed by atoms with van der Waals surface area (Å²) in [5.74, 6) is 5.51. The molecule has 0 amide bonds. The summed E-state index contributed by atoms with van der Waals surface area (Å²) >= 11 is 0. The average molecular weight is 405 g/mol. The zero-order valence-corrected chi connectivity index (χ0v) is 19.7. The number of rotatable bonds is 6. The molecule has 2 N–H and O–H groups in total. The van der Waals surface area contributed by atoms with Crippen molar-refractivity contribution in [1.82, 2.24) is 0 Å². The topological polar surface area (TPSA) is 40.5 Å². The second-order valence-electron chi connectivity index (χ2n) is 12.4. The van der Waals surface area contributed by atoms with Crippen LogP contribution in [0.3, 0.4) is 0 Å². The summed E-state index contributed by atoms with van der Waals surface area (Å²) in [6.07, 6.45) is 16.4. The van der Waals surface area contributed by atoms with Crippen molar-refractivity contribution in [2.45, 2.75) is 111 Å². The maximum atomic E-state index is 10.3. The molecule has 4 fully saturated rings. The Morgan fingerprint density at radius 2 is 1.59 bits per heavy atom. The normalized spacial score (nSPS) is 47.6. The molecule has 0 aromatic carbocycles. The third-order valence-corrected chi connectivity index (χ3v) is 11.2. The maximum Gasteiger partial charge on any atom is 0.0587 e. The second-order valence-corrected chi connectivity index (χ2v) is 12.4. The van der Waals surface area contributed by atoms with Crippen molar-refractivity contribution in [2.75, 3.05) is 6.61 Å². The Morgan fingerprint density at radius 1 is 0.828 bits per heavy atom. The zero-order valence-electron chi connectivity index (χ0n) is 19.7. The minimum Gasteiger partial charge on any atom is -0.396 e. The van der Waals surface area contributed by atoms with E-state index in [4.69, 9.17) is 0 Å². The molecule has 0 bridgehead atoms. The van der Waals surface area contributed by atoms with E-state index in [0.29, 0.717) is 16.7 Å². The summed E-state index contributed by atoms with van der Waals surface area (Å²) in [5, 5.41) is 19.7. The second kappa shape index (κ2) is 8.45. The molecular weight excluding hydrogens is 356 g/mol. The summed E-state index contributed by atoms with van der Waals surface area (Å²) in [4.78, 5) is 0. The van der Waals surface area contributed by atoms with Crippen molar-refractivity contribution >= 4 is 0 Å². The third kappa shape index (κ3) is 3.73. The molecule has 0 heterocycles. The summed E-state index contributed by atoms with van der Waals surface area (Å²) in [6.45, 7) is 9.87. The molecule has 2 nitrogen and oxygen atoms in total. The monoisotopic (exact) mass is 404 g/mol. The van der Waals surface area contributed by atoms with Gasteiger partial charge in [-0.25, -0.2) is 0 Å². The van der Waals surface area contributed by atoms with Crippen molar-refractivity contribution < 1.29 is 10.2 Å². The number of hydrogen-bond donors (Lipinski definition) is 2. The highest BCUT2D eigenvalue weighted by Gasteiger charge is 2.60. The molecule has 3 unspecified atom stereocenters. The lowest BCUT2D eigenvalue weighted by atomic mass is 9.44. The van der Waals surface area contributed by atoms with E-state index in [1.54, 1.807) is 0 Å². The largest absolute Gasteiger partial charge is 0.396 e. The Kier molecular flexibility index (Phi) is 6.45. The molecular formula is C27H48O2. The van der Waals surface area contributed by atoms with E-state index >= 15 is 0 Å². The molecule has 0 aromatic rings. The first kappa shape index (κ1) is 22.1. The van der Waals surface area contributed by atoms with Gasteiger partial charge in [0.2, 0.25) is 0 Å². The van der Waals surface area contributed by atoms with Gasteiger partial charge in [-0.05, 0) is 111 Å². The first-order chi connectivity index (χ1) is 13.8. The highest BCUT2D eigenvalue weighted by atomic mass is 16.3. The van der Waals surface area contributed by atoms with Gasteiger partial charge in [0.1, 0.15) is 0 Å². The van der Waals surface area contributed by atoms with E-state index in [-0.39, 0.29) is 18.6 Å². The molecule has 0 aliphatic heterocycles. The van der Waals surface area contributed by atoms with Crippen molar-refractivity contribution in [3.05, 3.63) is 0 Å². The molecule has 0 radical (unpaired) electrons. The fourth-order valence-corrected chi connectivity index (χ4v) is 9.31. The van der Waals surface area contributed by atoms with Gasteiger partial charge in [-0.15, -0.1) is 0 Å². The van der Waals surface area contributed by atoms with Gasteiger partial charge in [0.05, 0.1) is 6.10 Å². The van der Waals surface area contributed by atoms with Crippen LogP contribution in [0.1, 0.15) is 105 Å². The van der Waals surface area contributed by atoms with E-state index in [2.05, 4.69) is 20.8 Å². The zero-order chi connectivity index (χ0) is 20.8. The van der Waals surface area contributed by atoms with Gasteiger partial charge < -0.3 is 10.2 Å². The molecule has 4 aliphatic rings. The summed E-state index contributed by atoms with van der Waals surface area (Å²) in [6, 6.07) is 0. The third-order valence-electron chi connectivity index (χ3n) is 11.2. The van der Waals surface area contributed by atoms with Gasteiger partial charge >= 0.3 is 0 Å². The molecule has 4 rings (SSSR count). The average Bonchev–Trinajstić information content (AvgIpc) is 3.08. The minimum atomic E-state index is -0.343. The summed E-state index contributed by atoms with van der Waals surface area (Å²) in [7, 11) is 0. The molecule has 29 heavy (non-hydrogen) atoms. The van der Waals surface area contributed by atoms with Crippen LogP contribution in [0.2, 0.25) is 0 Å². The minimum absolute atomic E-state index is 0.0102. The van der Waals surface area contributed by atoms with Gasteiger partial charge in [-0.1, -0.05) is 40.5 Å². The standard InChI is InChI=1S/C27H48O2/c1-18(8-13-25(29)19(2)17-28)22-11-12-23-21-10-9-20-7-5-6-15-26(20,3)24(21)14-16-27(22,23)4/h18-25,28-29H,5-17H2,1-4H3/t18-,19?,20?,21+,22-,23+,24+,25?,26+,27-/m1/s1. The fraction of sp³-hybridized carbons (Fsp3) is 1.00. The van der Waals surface area contributed by atoms with Crippen molar-refractivity contribution in [2.24, 2.45) is 52.3 Å². The Hall–Kier alpha value is -0.0800. The predicted molar refractivity (Wildman–Crippen MR) is 120 cm³/mol. The van der Waals surface area contributed by atoms with Crippen LogP contribution in [0.25, 0.3) is 0 Å². The molecule has 4 saturated carbocycles. The van der Waals surface area contributed by atoms with Crippen LogP contribution in [0.5, 0.6) is 0 Å². The highest BCUT2D eigenvalue weighted by molar-refractivity contribution is 5.09. The van der Waals surface area contributed by atoms with Crippen LogP contribution in [0, 0.1) is 52.3 Å². The quantitative estimate of drug-likeness (QED) is 0.534. The Morgan fingerprint density at radius 3 is 2.34 bits per heavy atom. The van der Waals surface area contributed by atoms with Crippen LogP contribution in [0.15, 0.2) is 0 Å².